The molecular formula is C13H19BrFN. The highest BCUT2D eigenvalue weighted by Crippen LogP contribution is 2.16. The van der Waals surface area contributed by atoms with Gasteiger partial charge in [0.15, 0.2) is 0 Å². The average molecular weight is 288 g/mol. The molecule has 0 bridgehead atoms. The molecule has 0 heterocycles. The van der Waals surface area contributed by atoms with Crippen molar-refractivity contribution in [1.29, 1.82) is 0 Å². The van der Waals surface area contributed by atoms with Gasteiger partial charge in [-0.15, -0.1) is 0 Å². The molecule has 90 valence electrons. The molecule has 3 heteroatoms. The Kier molecular flexibility index (Phi) is 6.65. The summed E-state index contributed by atoms with van der Waals surface area (Å²) in [5.41, 5.74) is 0.818. The van der Waals surface area contributed by atoms with Gasteiger partial charge in [-0.2, -0.15) is 0 Å². The van der Waals surface area contributed by atoms with Crippen molar-refractivity contribution >= 4 is 15.9 Å². The third-order valence-corrected chi connectivity index (χ3v) is 2.98. The van der Waals surface area contributed by atoms with Crippen LogP contribution >= 0.6 is 15.9 Å². The van der Waals surface area contributed by atoms with Crippen molar-refractivity contribution in [3.05, 3.63) is 34.1 Å². The van der Waals surface area contributed by atoms with E-state index < -0.39 is 0 Å². The molecule has 0 spiro atoms. The lowest BCUT2D eigenvalue weighted by Gasteiger charge is -2.05. The van der Waals surface area contributed by atoms with E-state index in [2.05, 4.69) is 28.2 Å². The van der Waals surface area contributed by atoms with E-state index in [1.807, 2.05) is 12.1 Å². The highest BCUT2D eigenvalue weighted by Gasteiger charge is 2.01. The predicted molar refractivity (Wildman–Crippen MR) is 70.2 cm³/mol. The van der Waals surface area contributed by atoms with Crippen LogP contribution in [0.5, 0.6) is 0 Å². The lowest BCUT2D eigenvalue weighted by Crippen LogP contribution is -2.15. The van der Waals surface area contributed by atoms with Crippen molar-refractivity contribution in [2.45, 2.75) is 32.6 Å². The summed E-state index contributed by atoms with van der Waals surface area (Å²) >= 11 is 3.26. The van der Waals surface area contributed by atoms with Crippen LogP contribution in [-0.2, 0) is 6.42 Å². The Bertz CT molecular complexity index is 315. The highest BCUT2D eigenvalue weighted by molar-refractivity contribution is 9.10. The Labute approximate surface area is 106 Å². The lowest BCUT2D eigenvalue weighted by atomic mass is 10.1. The summed E-state index contributed by atoms with van der Waals surface area (Å²) in [4.78, 5) is 0. The van der Waals surface area contributed by atoms with Gasteiger partial charge in [-0.1, -0.05) is 28.9 Å². The second-order valence-electron chi connectivity index (χ2n) is 3.94. The molecule has 0 saturated carbocycles. The van der Waals surface area contributed by atoms with E-state index in [0.717, 1.165) is 42.4 Å². The fourth-order valence-electron chi connectivity index (χ4n) is 1.59. The molecule has 0 aliphatic rings. The molecule has 1 N–H and O–H groups in total. The summed E-state index contributed by atoms with van der Waals surface area (Å²) in [7, 11) is 0. The van der Waals surface area contributed by atoms with Crippen LogP contribution in [0.25, 0.3) is 0 Å². The lowest BCUT2D eigenvalue weighted by molar-refractivity contribution is 0.585. The molecule has 16 heavy (non-hydrogen) atoms. The van der Waals surface area contributed by atoms with Crippen molar-refractivity contribution in [3.63, 3.8) is 0 Å². The van der Waals surface area contributed by atoms with Gasteiger partial charge in [0, 0.05) is 4.47 Å². The zero-order valence-electron chi connectivity index (χ0n) is 9.73. The summed E-state index contributed by atoms with van der Waals surface area (Å²) in [6.45, 7) is 4.27. The van der Waals surface area contributed by atoms with Gasteiger partial charge in [0.2, 0.25) is 0 Å². The van der Waals surface area contributed by atoms with Crippen LogP contribution in [0, 0.1) is 5.82 Å². The van der Waals surface area contributed by atoms with Crippen molar-refractivity contribution in [2.75, 3.05) is 13.1 Å². The Morgan fingerprint density at radius 2 is 2.06 bits per heavy atom. The number of benzene rings is 1. The van der Waals surface area contributed by atoms with Crippen LogP contribution in [0.1, 0.15) is 31.7 Å². The Hall–Kier alpha value is -0.410. The quantitative estimate of drug-likeness (QED) is 0.750. The van der Waals surface area contributed by atoms with Gasteiger partial charge in [0.25, 0.3) is 0 Å². The Balaban J connectivity index is 2.21. The minimum absolute atomic E-state index is 0.101. The maximum Gasteiger partial charge on any atom is 0.127 e. The van der Waals surface area contributed by atoms with Gasteiger partial charge in [0.05, 0.1) is 0 Å². The van der Waals surface area contributed by atoms with E-state index in [0.29, 0.717) is 0 Å². The highest BCUT2D eigenvalue weighted by atomic mass is 79.9. The van der Waals surface area contributed by atoms with Crippen LogP contribution in [0.15, 0.2) is 22.7 Å². The molecular weight excluding hydrogens is 269 g/mol. The number of hydrogen-bond acceptors (Lipinski definition) is 1. The van der Waals surface area contributed by atoms with Crippen molar-refractivity contribution in [2.24, 2.45) is 0 Å². The second kappa shape index (κ2) is 7.80. The smallest absolute Gasteiger partial charge is 0.127 e. The van der Waals surface area contributed by atoms with Crippen LogP contribution in [-0.4, -0.2) is 13.1 Å². The average Bonchev–Trinajstić information content (AvgIpc) is 2.26. The molecule has 0 amide bonds. The SMILES string of the molecule is CCCNCCCCc1ccc(Br)cc1F. The first-order valence-corrected chi connectivity index (χ1v) is 6.68. The molecule has 1 aromatic carbocycles. The van der Waals surface area contributed by atoms with Crippen molar-refractivity contribution in [3.8, 4) is 0 Å². The van der Waals surface area contributed by atoms with E-state index >= 15 is 0 Å². The van der Waals surface area contributed by atoms with E-state index in [9.17, 15) is 4.39 Å². The van der Waals surface area contributed by atoms with Crippen molar-refractivity contribution < 1.29 is 4.39 Å². The third kappa shape index (κ3) is 5.08. The second-order valence-corrected chi connectivity index (χ2v) is 4.86. The van der Waals surface area contributed by atoms with Crippen molar-refractivity contribution in [1.82, 2.24) is 5.32 Å². The minimum atomic E-state index is -0.101. The maximum absolute atomic E-state index is 13.4. The van der Waals surface area contributed by atoms with E-state index in [-0.39, 0.29) is 5.82 Å². The van der Waals surface area contributed by atoms with Gasteiger partial charge in [-0.25, -0.2) is 4.39 Å². The fraction of sp³-hybridized carbons (Fsp3) is 0.538. The summed E-state index contributed by atoms with van der Waals surface area (Å²) < 4.78 is 14.2. The maximum atomic E-state index is 13.4. The van der Waals surface area contributed by atoms with Gasteiger partial charge in [-0.3, -0.25) is 0 Å². The van der Waals surface area contributed by atoms with E-state index in [1.165, 1.54) is 12.5 Å². The first kappa shape index (κ1) is 13.7. The first-order valence-electron chi connectivity index (χ1n) is 5.88. The Morgan fingerprint density at radius 1 is 1.25 bits per heavy atom. The van der Waals surface area contributed by atoms with Crippen LogP contribution in [0.3, 0.4) is 0 Å². The standard InChI is InChI=1S/C13H19BrFN/c1-2-8-16-9-4-3-5-11-6-7-12(14)10-13(11)15/h6-7,10,16H,2-5,8-9H2,1H3. The first-order chi connectivity index (χ1) is 7.74. The number of unbranched alkanes of at least 4 members (excludes halogenated alkanes) is 1. The van der Waals surface area contributed by atoms with Crippen LogP contribution < -0.4 is 5.32 Å². The molecule has 0 radical (unpaired) electrons. The van der Waals surface area contributed by atoms with Gasteiger partial charge < -0.3 is 5.32 Å². The summed E-state index contributed by atoms with van der Waals surface area (Å²) in [6, 6.07) is 5.29. The molecule has 0 atom stereocenters. The molecule has 0 unspecified atom stereocenters. The number of nitrogens with one attached hydrogen (secondary N) is 1. The molecule has 0 fully saturated rings. The molecule has 1 nitrogen and oxygen atoms in total. The number of halogens is 2. The van der Waals surface area contributed by atoms with Gasteiger partial charge in [0.1, 0.15) is 5.82 Å². The Morgan fingerprint density at radius 3 is 2.75 bits per heavy atom. The topological polar surface area (TPSA) is 12.0 Å². The summed E-state index contributed by atoms with van der Waals surface area (Å²) in [6.07, 6.45) is 4.14. The molecule has 0 saturated heterocycles. The van der Waals surface area contributed by atoms with E-state index in [4.69, 9.17) is 0 Å². The summed E-state index contributed by atoms with van der Waals surface area (Å²) in [5.74, 6) is -0.101. The molecule has 1 rings (SSSR count). The summed E-state index contributed by atoms with van der Waals surface area (Å²) in [5, 5.41) is 3.34. The molecule has 0 aliphatic heterocycles. The largest absolute Gasteiger partial charge is 0.317 e. The molecule has 1 aromatic rings. The molecule has 0 aliphatic carbocycles. The van der Waals surface area contributed by atoms with E-state index in [1.54, 1.807) is 0 Å². The van der Waals surface area contributed by atoms with Gasteiger partial charge in [-0.05, 0) is 56.5 Å². The number of rotatable bonds is 7. The number of aryl methyl sites for hydroxylation is 1. The van der Waals surface area contributed by atoms with Crippen LogP contribution in [0.4, 0.5) is 4.39 Å². The monoisotopic (exact) mass is 287 g/mol. The minimum Gasteiger partial charge on any atom is -0.317 e. The normalized spacial score (nSPS) is 10.7. The predicted octanol–water partition coefficient (Wildman–Crippen LogP) is 3.91. The number of hydrogen-bond donors (Lipinski definition) is 1. The zero-order chi connectivity index (χ0) is 11.8. The van der Waals surface area contributed by atoms with Gasteiger partial charge >= 0.3 is 0 Å². The third-order valence-electron chi connectivity index (χ3n) is 2.49. The molecule has 0 aromatic heterocycles. The fourth-order valence-corrected chi connectivity index (χ4v) is 1.92. The zero-order valence-corrected chi connectivity index (χ0v) is 11.3. The van der Waals surface area contributed by atoms with Crippen LogP contribution in [0.2, 0.25) is 0 Å².